The molecule has 1 aromatic heterocycles. The van der Waals surface area contributed by atoms with E-state index in [2.05, 4.69) is 35.4 Å². The molecule has 162 valence electrons. The van der Waals surface area contributed by atoms with Crippen molar-refractivity contribution < 1.29 is 9.53 Å². The summed E-state index contributed by atoms with van der Waals surface area (Å²) in [4.78, 5) is 12.8. The van der Waals surface area contributed by atoms with E-state index in [-0.39, 0.29) is 11.8 Å². The second-order valence-electron chi connectivity index (χ2n) is 8.26. The second kappa shape index (κ2) is 9.98. The lowest BCUT2D eigenvalue weighted by atomic mass is 9.90. The molecule has 0 unspecified atom stereocenters. The molecule has 0 aliphatic heterocycles. The number of hydrogen-bond donors (Lipinski definition) is 1. The van der Waals surface area contributed by atoms with Gasteiger partial charge in [-0.3, -0.25) is 4.79 Å². The molecule has 0 aliphatic rings. The molecule has 2 rings (SSSR count). The molecule has 0 saturated heterocycles. The van der Waals surface area contributed by atoms with E-state index in [9.17, 15) is 10.1 Å². The number of hydrogen-bond acceptors (Lipinski definition) is 6. The van der Waals surface area contributed by atoms with Crippen molar-refractivity contribution in [3.8, 4) is 23.2 Å². The Bertz CT molecular complexity index is 901. The van der Waals surface area contributed by atoms with Crippen LogP contribution in [0, 0.1) is 23.2 Å². The Kier molecular flexibility index (Phi) is 7.90. The van der Waals surface area contributed by atoms with Crippen molar-refractivity contribution in [1.29, 1.82) is 5.26 Å². The maximum Gasteiger partial charge on any atom is 0.234 e. The molecule has 7 nitrogen and oxygen atoms in total. The minimum atomic E-state index is -0.911. The van der Waals surface area contributed by atoms with Crippen molar-refractivity contribution in [2.75, 3.05) is 7.11 Å². The second-order valence-corrected chi connectivity index (χ2v) is 9.57. The minimum absolute atomic E-state index is 0.00471. The fourth-order valence-corrected chi connectivity index (χ4v) is 3.59. The van der Waals surface area contributed by atoms with Crippen LogP contribution < -0.4 is 10.1 Å². The van der Waals surface area contributed by atoms with Gasteiger partial charge in [0, 0.05) is 12.1 Å². The van der Waals surface area contributed by atoms with E-state index in [1.807, 2.05) is 49.6 Å². The number of amides is 1. The van der Waals surface area contributed by atoms with Gasteiger partial charge in [-0.25, -0.2) is 0 Å². The lowest BCUT2D eigenvalue weighted by molar-refractivity contribution is -0.121. The first-order valence-corrected chi connectivity index (χ1v) is 11.0. The number of rotatable bonds is 9. The van der Waals surface area contributed by atoms with Crippen LogP contribution in [-0.4, -0.2) is 38.6 Å². The highest BCUT2D eigenvalue weighted by Gasteiger charge is 2.32. The third-order valence-corrected chi connectivity index (χ3v) is 6.11. The normalized spacial score (nSPS) is 14.3. The average Bonchev–Trinajstić information content (AvgIpc) is 3.09. The summed E-state index contributed by atoms with van der Waals surface area (Å²) in [5, 5.41) is 21.4. The summed E-state index contributed by atoms with van der Waals surface area (Å²) >= 11 is 1.35. The van der Waals surface area contributed by atoms with E-state index >= 15 is 0 Å². The number of methoxy groups -OCH3 is 1. The highest BCUT2D eigenvalue weighted by atomic mass is 32.2. The van der Waals surface area contributed by atoms with Crippen LogP contribution in [0.1, 0.15) is 41.5 Å². The number of nitriles is 1. The van der Waals surface area contributed by atoms with E-state index < -0.39 is 10.8 Å². The molecule has 8 heteroatoms. The maximum atomic E-state index is 12.8. The zero-order chi connectivity index (χ0) is 22.5. The fourth-order valence-electron chi connectivity index (χ4n) is 2.73. The van der Waals surface area contributed by atoms with Gasteiger partial charge in [-0.15, -0.1) is 10.2 Å². The summed E-state index contributed by atoms with van der Waals surface area (Å²) in [6.07, 6.45) is 0. The van der Waals surface area contributed by atoms with E-state index in [0.29, 0.717) is 11.1 Å². The minimum Gasteiger partial charge on any atom is -0.497 e. The van der Waals surface area contributed by atoms with Crippen molar-refractivity contribution in [1.82, 2.24) is 20.1 Å². The maximum absolute atomic E-state index is 12.8. The first kappa shape index (κ1) is 23.7. The smallest absolute Gasteiger partial charge is 0.234 e. The lowest BCUT2D eigenvalue weighted by Gasteiger charge is -2.28. The standard InChI is InChI=1S/C22H31N5O2S/c1-14(2)12-27-19(17-8-10-18(29-7)11-9-17)25-26-21(27)30-16(5)20(28)24-22(6,13-23)15(3)4/h8-11,14-16H,12H2,1-7H3,(H,24,28)/t16-,22-/m1/s1. The Labute approximate surface area is 183 Å². The number of aromatic nitrogens is 3. The molecule has 0 saturated carbocycles. The van der Waals surface area contributed by atoms with Gasteiger partial charge >= 0.3 is 0 Å². The molecule has 0 aliphatic carbocycles. The summed E-state index contributed by atoms with van der Waals surface area (Å²) in [5.74, 6) is 1.71. The number of ether oxygens (including phenoxy) is 1. The topological polar surface area (TPSA) is 92.8 Å². The number of nitrogens with zero attached hydrogens (tertiary/aromatic N) is 4. The Hall–Kier alpha value is -2.53. The molecule has 1 amide bonds. The largest absolute Gasteiger partial charge is 0.497 e. The average molecular weight is 430 g/mol. The zero-order valence-electron chi connectivity index (χ0n) is 18.8. The van der Waals surface area contributed by atoms with Crippen LogP contribution in [0.25, 0.3) is 11.4 Å². The van der Waals surface area contributed by atoms with E-state index in [1.54, 1.807) is 14.0 Å². The molecule has 0 radical (unpaired) electrons. The SMILES string of the molecule is COc1ccc(-c2nnc(S[C@H](C)C(=O)N[C@](C)(C#N)C(C)C)n2CC(C)C)cc1. The highest BCUT2D eigenvalue weighted by molar-refractivity contribution is 8.00. The molecule has 1 N–H and O–H groups in total. The van der Waals surface area contributed by atoms with Crippen LogP contribution in [0.4, 0.5) is 0 Å². The van der Waals surface area contributed by atoms with Crippen LogP contribution in [0.15, 0.2) is 29.4 Å². The van der Waals surface area contributed by atoms with Gasteiger partial charge in [0.1, 0.15) is 11.3 Å². The van der Waals surface area contributed by atoms with Gasteiger partial charge in [0.25, 0.3) is 0 Å². The summed E-state index contributed by atoms with van der Waals surface area (Å²) in [7, 11) is 1.63. The van der Waals surface area contributed by atoms with Crippen molar-refractivity contribution in [2.45, 2.75) is 64.0 Å². The predicted molar refractivity (Wildman–Crippen MR) is 119 cm³/mol. The Balaban J connectivity index is 2.27. The summed E-state index contributed by atoms with van der Waals surface area (Å²) in [6.45, 7) is 12.4. The molecule has 2 atom stereocenters. The van der Waals surface area contributed by atoms with E-state index in [0.717, 1.165) is 23.7 Å². The molecule has 0 spiro atoms. The van der Waals surface area contributed by atoms with Gasteiger partial charge in [-0.1, -0.05) is 39.5 Å². The van der Waals surface area contributed by atoms with Gasteiger partial charge in [0.2, 0.25) is 5.91 Å². The summed E-state index contributed by atoms with van der Waals surface area (Å²) < 4.78 is 7.28. The third-order valence-electron chi connectivity index (χ3n) is 5.03. The molecule has 0 bridgehead atoms. The predicted octanol–water partition coefficient (Wildman–Crippen LogP) is 4.14. The number of benzene rings is 1. The molecule has 1 heterocycles. The highest BCUT2D eigenvalue weighted by Crippen LogP contribution is 2.29. The molecule has 0 fully saturated rings. The number of carbonyl (C=O) groups excluding carboxylic acids is 1. The third kappa shape index (κ3) is 5.54. The summed E-state index contributed by atoms with van der Waals surface area (Å²) in [5.41, 5.74) is 0.0240. The quantitative estimate of drug-likeness (QED) is 0.602. The monoisotopic (exact) mass is 429 g/mol. The molecule has 1 aromatic carbocycles. The van der Waals surface area contributed by atoms with Crippen molar-refractivity contribution in [3.63, 3.8) is 0 Å². The fraction of sp³-hybridized carbons (Fsp3) is 0.545. The first-order chi connectivity index (χ1) is 14.1. The van der Waals surface area contributed by atoms with Gasteiger partial charge < -0.3 is 14.6 Å². The lowest BCUT2D eigenvalue weighted by Crippen LogP contribution is -2.51. The van der Waals surface area contributed by atoms with Gasteiger partial charge in [0.15, 0.2) is 11.0 Å². The molecular formula is C22H31N5O2S. The summed E-state index contributed by atoms with van der Waals surface area (Å²) in [6, 6.07) is 9.89. The van der Waals surface area contributed by atoms with Crippen LogP contribution >= 0.6 is 11.8 Å². The number of carbonyl (C=O) groups is 1. The van der Waals surface area contributed by atoms with Gasteiger partial charge in [-0.2, -0.15) is 5.26 Å². The van der Waals surface area contributed by atoms with Crippen molar-refractivity contribution in [3.05, 3.63) is 24.3 Å². The van der Waals surface area contributed by atoms with Gasteiger partial charge in [0.05, 0.1) is 18.4 Å². The van der Waals surface area contributed by atoms with Crippen LogP contribution in [0.3, 0.4) is 0 Å². The first-order valence-electron chi connectivity index (χ1n) is 10.1. The van der Waals surface area contributed by atoms with Crippen molar-refractivity contribution in [2.24, 2.45) is 11.8 Å². The Morgan fingerprint density at radius 1 is 1.23 bits per heavy atom. The molecule has 2 aromatic rings. The van der Waals surface area contributed by atoms with E-state index in [1.165, 1.54) is 11.8 Å². The van der Waals surface area contributed by atoms with E-state index in [4.69, 9.17) is 4.74 Å². The van der Waals surface area contributed by atoms with Gasteiger partial charge in [-0.05, 0) is 49.9 Å². The van der Waals surface area contributed by atoms with Crippen LogP contribution in [0.2, 0.25) is 0 Å². The number of thioether (sulfide) groups is 1. The van der Waals surface area contributed by atoms with Crippen LogP contribution in [-0.2, 0) is 11.3 Å². The van der Waals surface area contributed by atoms with Crippen LogP contribution in [0.5, 0.6) is 5.75 Å². The number of nitrogens with one attached hydrogen (secondary N) is 1. The Morgan fingerprint density at radius 3 is 2.37 bits per heavy atom. The van der Waals surface area contributed by atoms with Crippen molar-refractivity contribution >= 4 is 17.7 Å². The Morgan fingerprint density at radius 2 is 1.87 bits per heavy atom. The zero-order valence-corrected chi connectivity index (χ0v) is 19.6. The molecular weight excluding hydrogens is 398 g/mol. The molecule has 30 heavy (non-hydrogen) atoms.